The van der Waals surface area contributed by atoms with Gasteiger partial charge in [-0.2, -0.15) is 0 Å². The molecule has 0 aromatic carbocycles. The van der Waals surface area contributed by atoms with Crippen LogP contribution in [0, 0.1) is 0 Å². The van der Waals surface area contributed by atoms with Crippen molar-refractivity contribution in [3.05, 3.63) is 0 Å². The highest BCUT2D eigenvalue weighted by molar-refractivity contribution is 4.92. The lowest BCUT2D eigenvalue weighted by Crippen LogP contribution is -2.63. The normalized spacial score (nSPS) is 41.9. The Hall–Kier alpha value is -0.560. The van der Waals surface area contributed by atoms with E-state index in [9.17, 15) is 30.6 Å². The number of ether oxygens (including phenoxy) is 4. The molecule has 0 aromatic heterocycles. The quantitative estimate of drug-likeness (QED) is 0.135. The molecule has 0 spiro atoms. The molecule has 0 aliphatic carbocycles. The van der Waals surface area contributed by atoms with E-state index < -0.39 is 92.8 Å². The highest BCUT2D eigenvalue weighted by Gasteiger charge is 2.45. The van der Waals surface area contributed by atoms with Crippen molar-refractivity contribution >= 4 is 0 Å². The van der Waals surface area contributed by atoms with E-state index in [1.807, 2.05) is 0 Å². The Morgan fingerprint density at radius 1 is 0.844 bits per heavy atom. The van der Waals surface area contributed by atoms with E-state index in [-0.39, 0.29) is 13.0 Å². The van der Waals surface area contributed by atoms with Crippen molar-refractivity contribution in [1.82, 2.24) is 0 Å². The van der Waals surface area contributed by atoms with Gasteiger partial charge in [-0.1, -0.05) is 0 Å². The lowest BCUT2D eigenvalue weighted by Gasteiger charge is -2.42. The first-order valence-electron chi connectivity index (χ1n) is 10.5. The summed E-state index contributed by atoms with van der Waals surface area (Å²) in [5, 5.41) is 68.0. The molecule has 13 atom stereocenters. The van der Waals surface area contributed by atoms with Gasteiger partial charge < -0.3 is 71.9 Å². The monoisotopic (exact) mass is 471 g/mol. The van der Waals surface area contributed by atoms with Gasteiger partial charge >= 0.3 is 0 Å². The van der Waals surface area contributed by atoms with Gasteiger partial charge in [-0.05, 0) is 13.3 Å². The topological polar surface area (TPSA) is 257 Å². The highest BCUT2D eigenvalue weighted by Crippen LogP contribution is 2.24. The van der Waals surface area contributed by atoms with E-state index in [0.717, 1.165) is 0 Å². The Balaban J connectivity index is 1.80. The molecule has 2 heterocycles. The zero-order chi connectivity index (χ0) is 24.2. The second-order valence-corrected chi connectivity index (χ2v) is 8.30. The fourth-order valence-corrected chi connectivity index (χ4v) is 3.52. The molecule has 14 nitrogen and oxygen atoms in total. The number of nitrogens with two attached hydrogens (primary N) is 3. The highest BCUT2D eigenvalue weighted by atomic mass is 16.7. The van der Waals surface area contributed by atoms with Crippen LogP contribution in [0.1, 0.15) is 13.3 Å². The van der Waals surface area contributed by atoms with Gasteiger partial charge in [0.15, 0.2) is 12.6 Å². The summed E-state index contributed by atoms with van der Waals surface area (Å²) < 4.78 is 21.5. The lowest BCUT2D eigenvalue weighted by molar-refractivity contribution is -0.277. The van der Waals surface area contributed by atoms with Crippen molar-refractivity contribution in [2.24, 2.45) is 17.2 Å². The average Bonchev–Trinajstić information content (AvgIpc) is 3.05. The second kappa shape index (κ2) is 12.2. The third-order valence-corrected chi connectivity index (χ3v) is 5.85. The molecule has 2 saturated heterocycles. The van der Waals surface area contributed by atoms with Gasteiger partial charge in [0.1, 0.15) is 36.6 Å². The fourth-order valence-electron chi connectivity index (χ4n) is 3.52. The fraction of sp³-hybridized carbons (Fsp3) is 1.00. The summed E-state index contributed by atoms with van der Waals surface area (Å²) in [5.41, 5.74) is 17.9. The van der Waals surface area contributed by atoms with Gasteiger partial charge in [-0.15, -0.1) is 0 Å². The summed E-state index contributed by atoms with van der Waals surface area (Å²) in [6, 6.07) is -2.63. The molecule has 0 aromatic rings. The van der Waals surface area contributed by atoms with Crippen molar-refractivity contribution in [3.8, 4) is 0 Å². The maximum absolute atomic E-state index is 10.2. The van der Waals surface area contributed by atoms with Crippen molar-refractivity contribution in [3.63, 3.8) is 0 Å². The van der Waals surface area contributed by atoms with E-state index in [2.05, 4.69) is 0 Å². The van der Waals surface area contributed by atoms with Crippen molar-refractivity contribution in [1.29, 1.82) is 0 Å². The van der Waals surface area contributed by atoms with Crippen molar-refractivity contribution in [2.45, 2.75) is 92.9 Å². The number of hydrogen-bond donors (Lipinski definition) is 10. The average molecular weight is 472 g/mol. The first-order valence-corrected chi connectivity index (χ1v) is 10.5. The predicted molar refractivity (Wildman–Crippen MR) is 107 cm³/mol. The van der Waals surface area contributed by atoms with Gasteiger partial charge in [0.05, 0.1) is 38.1 Å². The third kappa shape index (κ3) is 6.52. The van der Waals surface area contributed by atoms with E-state index in [0.29, 0.717) is 0 Å². The van der Waals surface area contributed by atoms with E-state index in [4.69, 9.17) is 41.3 Å². The summed E-state index contributed by atoms with van der Waals surface area (Å²) >= 11 is 0. The molecule has 2 rings (SSSR count). The molecule has 0 bridgehead atoms. The first-order chi connectivity index (χ1) is 15.0. The first kappa shape index (κ1) is 27.7. The van der Waals surface area contributed by atoms with Crippen LogP contribution in [-0.2, 0) is 18.9 Å². The predicted octanol–water partition coefficient (Wildman–Crippen LogP) is -5.98. The maximum Gasteiger partial charge on any atom is 0.186 e. The van der Waals surface area contributed by atoms with Crippen LogP contribution >= 0.6 is 0 Å². The third-order valence-electron chi connectivity index (χ3n) is 5.85. The van der Waals surface area contributed by atoms with Crippen LogP contribution in [0.3, 0.4) is 0 Å². The number of rotatable bonds is 11. The van der Waals surface area contributed by atoms with Gasteiger partial charge in [-0.3, -0.25) is 0 Å². The molecule has 7 unspecified atom stereocenters. The lowest BCUT2D eigenvalue weighted by atomic mass is 9.97. The molecule has 2 fully saturated rings. The molecule has 13 N–H and O–H groups in total. The van der Waals surface area contributed by atoms with E-state index in [1.54, 1.807) is 6.92 Å². The largest absolute Gasteiger partial charge is 0.394 e. The molecule has 0 saturated carbocycles. The second-order valence-electron chi connectivity index (χ2n) is 8.30. The Kier molecular flexibility index (Phi) is 10.6. The molecule has 0 radical (unpaired) electrons. The van der Waals surface area contributed by atoms with Crippen LogP contribution in [0.25, 0.3) is 0 Å². The van der Waals surface area contributed by atoms with Crippen molar-refractivity contribution in [2.75, 3.05) is 19.8 Å². The van der Waals surface area contributed by atoms with E-state index in [1.165, 1.54) is 0 Å². The minimum atomic E-state index is -1.39. The number of hydrogen-bond acceptors (Lipinski definition) is 14. The molecular weight excluding hydrogens is 434 g/mol. The summed E-state index contributed by atoms with van der Waals surface area (Å²) in [7, 11) is 0. The van der Waals surface area contributed by atoms with Crippen LogP contribution in [0.15, 0.2) is 0 Å². The smallest absolute Gasteiger partial charge is 0.186 e. The zero-order valence-electron chi connectivity index (χ0n) is 17.8. The van der Waals surface area contributed by atoms with Gasteiger partial charge in [0.2, 0.25) is 0 Å². The van der Waals surface area contributed by atoms with Crippen molar-refractivity contribution < 1.29 is 54.7 Å². The van der Waals surface area contributed by atoms with Crippen LogP contribution in [-0.4, -0.2) is 135 Å². The Labute approximate surface area is 185 Å². The van der Waals surface area contributed by atoms with Crippen LogP contribution in [0.4, 0.5) is 0 Å². The molecule has 2 aliphatic rings. The maximum atomic E-state index is 10.2. The Bertz CT molecular complexity index is 562. The summed E-state index contributed by atoms with van der Waals surface area (Å²) in [6.07, 6.45) is -11.7. The van der Waals surface area contributed by atoms with E-state index >= 15 is 0 Å². The minimum absolute atomic E-state index is 0.0816. The van der Waals surface area contributed by atoms with Crippen LogP contribution < -0.4 is 17.2 Å². The van der Waals surface area contributed by atoms with Gasteiger partial charge in [0, 0.05) is 12.1 Å². The molecular formula is C18H37N3O11. The number of aliphatic hydroxyl groups excluding tert-OH is 7. The Morgan fingerprint density at radius 3 is 1.94 bits per heavy atom. The van der Waals surface area contributed by atoms with Crippen LogP contribution in [0.2, 0.25) is 0 Å². The minimum Gasteiger partial charge on any atom is -0.394 e. The molecule has 0 amide bonds. The molecule has 2 aliphatic heterocycles. The SMILES string of the molecule is C[C@H](O[C@H]1OC(CO)[C@@H](O)C(O)C1N)C(N)C[C@@H](N)C(O)CO[C@@H]1O[C@H](CO)C(O)C1O. The summed E-state index contributed by atoms with van der Waals surface area (Å²) in [4.78, 5) is 0. The van der Waals surface area contributed by atoms with Crippen LogP contribution in [0.5, 0.6) is 0 Å². The number of aliphatic hydroxyl groups is 7. The molecule has 32 heavy (non-hydrogen) atoms. The van der Waals surface area contributed by atoms with Gasteiger partial charge in [-0.25, -0.2) is 0 Å². The van der Waals surface area contributed by atoms with Gasteiger partial charge in [0.25, 0.3) is 0 Å². The molecule has 14 heteroatoms. The standard InChI is InChI=1S/C18H37N3O11/c1-6(30-17-12(21)15(27)13(25)10(3-22)31-17)7(19)2-8(20)9(24)5-29-18-16(28)14(26)11(4-23)32-18/h6-18,22-28H,2-5,19-21H2,1H3/t6-,7?,8+,9?,10?,11+,12?,13+,14?,15?,16?,17-,18+/m0/s1. The Morgan fingerprint density at radius 2 is 1.38 bits per heavy atom. The molecule has 190 valence electrons. The summed E-state index contributed by atoms with van der Waals surface area (Å²) in [6.45, 7) is 0.240. The summed E-state index contributed by atoms with van der Waals surface area (Å²) in [5.74, 6) is 0. The zero-order valence-corrected chi connectivity index (χ0v) is 17.8.